The number of carbonyl (C=O) groups excluding carboxylic acids is 2. The van der Waals surface area contributed by atoms with Crippen LogP contribution in [-0.4, -0.2) is 24.1 Å². The van der Waals surface area contributed by atoms with Crippen molar-refractivity contribution in [1.29, 1.82) is 0 Å². The second kappa shape index (κ2) is 9.34. The molecule has 4 nitrogen and oxygen atoms in total. The van der Waals surface area contributed by atoms with Crippen LogP contribution in [0.15, 0.2) is 24.3 Å². The first-order chi connectivity index (χ1) is 9.58. The summed E-state index contributed by atoms with van der Waals surface area (Å²) in [6.07, 6.45) is 11.3. The first-order valence-corrected chi connectivity index (χ1v) is 7.32. The van der Waals surface area contributed by atoms with E-state index in [1.54, 1.807) is 0 Å². The molecule has 0 saturated heterocycles. The van der Waals surface area contributed by atoms with Gasteiger partial charge in [0.15, 0.2) is 0 Å². The molecule has 4 heteroatoms. The van der Waals surface area contributed by atoms with Gasteiger partial charge in [-0.25, -0.2) is 9.59 Å². The van der Waals surface area contributed by atoms with Crippen LogP contribution in [-0.2, 0) is 19.1 Å². The van der Waals surface area contributed by atoms with Crippen molar-refractivity contribution >= 4 is 11.9 Å². The number of hydrogen-bond acceptors (Lipinski definition) is 4. The number of hydrogen-bond donors (Lipinski definition) is 0. The molecule has 0 fully saturated rings. The Morgan fingerprint density at radius 2 is 1.25 bits per heavy atom. The topological polar surface area (TPSA) is 52.6 Å². The van der Waals surface area contributed by atoms with Gasteiger partial charge in [-0.05, 0) is 52.4 Å². The Balaban J connectivity index is 2.53. The number of cyclic esters (lactones) is 2. The number of rotatable bonds is 0. The van der Waals surface area contributed by atoms with Crippen molar-refractivity contribution in [2.75, 3.05) is 0 Å². The van der Waals surface area contributed by atoms with Gasteiger partial charge >= 0.3 is 11.9 Å². The minimum Gasteiger partial charge on any atom is -0.460 e. The smallest absolute Gasteiger partial charge is 0.330 e. The number of carbonyl (C=O) groups is 2. The quantitative estimate of drug-likeness (QED) is 0.639. The zero-order valence-electron chi connectivity index (χ0n) is 12.3. The normalized spacial score (nSPS) is 30.1. The van der Waals surface area contributed by atoms with Gasteiger partial charge in [0.25, 0.3) is 0 Å². The highest BCUT2D eigenvalue weighted by atomic mass is 16.5. The molecule has 0 saturated carbocycles. The second-order valence-electron chi connectivity index (χ2n) is 5.16. The highest BCUT2D eigenvalue weighted by Crippen LogP contribution is 2.09. The van der Waals surface area contributed by atoms with E-state index in [9.17, 15) is 9.59 Å². The molecule has 1 aliphatic heterocycles. The largest absolute Gasteiger partial charge is 0.460 e. The summed E-state index contributed by atoms with van der Waals surface area (Å²) in [5.74, 6) is -0.556. The Morgan fingerprint density at radius 1 is 0.850 bits per heavy atom. The minimum absolute atomic E-state index is 0.0968. The van der Waals surface area contributed by atoms with Gasteiger partial charge in [0, 0.05) is 12.2 Å². The standard InChI is InChI=1S/C16H24O4/c1-13-9-5-3-7-12-16(18)20-14(2)10-6-4-8-11-15(17)19-13/h7-8,11-14H,3-6,9-10H2,1-2H3/b11-8+,12-7+. The zero-order chi connectivity index (χ0) is 14.8. The van der Waals surface area contributed by atoms with Gasteiger partial charge < -0.3 is 9.47 Å². The van der Waals surface area contributed by atoms with E-state index in [2.05, 4.69) is 0 Å². The van der Waals surface area contributed by atoms with Gasteiger partial charge in [-0.3, -0.25) is 0 Å². The van der Waals surface area contributed by atoms with E-state index >= 15 is 0 Å². The molecular weight excluding hydrogens is 256 g/mol. The third-order valence-electron chi connectivity index (χ3n) is 3.11. The van der Waals surface area contributed by atoms with Crippen molar-refractivity contribution in [3.63, 3.8) is 0 Å². The number of esters is 2. The van der Waals surface area contributed by atoms with Gasteiger partial charge in [-0.2, -0.15) is 0 Å². The van der Waals surface area contributed by atoms with Gasteiger partial charge in [0.1, 0.15) is 0 Å². The summed E-state index contributed by atoms with van der Waals surface area (Å²) in [5, 5.41) is 0. The highest BCUT2D eigenvalue weighted by Gasteiger charge is 2.08. The van der Waals surface area contributed by atoms with Crippen molar-refractivity contribution in [1.82, 2.24) is 0 Å². The lowest BCUT2D eigenvalue weighted by Crippen LogP contribution is -2.14. The molecule has 0 aromatic heterocycles. The minimum atomic E-state index is -0.278. The lowest BCUT2D eigenvalue weighted by molar-refractivity contribution is -0.143. The molecule has 0 aromatic rings. The predicted molar refractivity (Wildman–Crippen MR) is 77.1 cm³/mol. The van der Waals surface area contributed by atoms with Gasteiger partial charge in [-0.15, -0.1) is 0 Å². The van der Waals surface area contributed by atoms with Gasteiger partial charge in [0.05, 0.1) is 12.2 Å². The molecule has 20 heavy (non-hydrogen) atoms. The number of ether oxygens (including phenoxy) is 2. The number of allylic oxidation sites excluding steroid dienone is 2. The molecule has 0 bridgehead atoms. The summed E-state index contributed by atoms with van der Waals surface area (Å²) in [4.78, 5) is 23.0. The second-order valence-corrected chi connectivity index (χ2v) is 5.16. The molecule has 2 unspecified atom stereocenters. The summed E-state index contributed by atoms with van der Waals surface area (Å²) >= 11 is 0. The lowest BCUT2D eigenvalue weighted by atomic mass is 10.1. The van der Waals surface area contributed by atoms with Crippen molar-refractivity contribution in [2.45, 2.75) is 64.6 Å². The Labute approximate surface area is 120 Å². The molecule has 0 aliphatic carbocycles. The molecule has 0 N–H and O–H groups in total. The monoisotopic (exact) mass is 280 g/mol. The van der Waals surface area contributed by atoms with Crippen molar-refractivity contribution in [3.8, 4) is 0 Å². The SMILES string of the molecule is CC1CCC/C=C/C(=O)OC(C)CCC/C=C/C(=O)O1. The van der Waals surface area contributed by atoms with Crippen LogP contribution in [0.1, 0.15) is 52.4 Å². The Morgan fingerprint density at radius 3 is 1.65 bits per heavy atom. The Hall–Kier alpha value is -1.58. The summed E-state index contributed by atoms with van der Waals surface area (Å²) in [5.41, 5.74) is 0. The Bertz CT molecular complexity index is 335. The maximum Gasteiger partial charge on any atom is 0.330 e. The molecule has 1 aliphatic rings. The maximum atomic E-state index is 11.5. The van der Waals surface area contributed by atoms with Gasteiger partial charge in [0.2, 0.25) is 0 Å². The predicted octanol–water partition coefficient (Wildman–Crippen LogP) is 3.32. The first kappa shape index (κ1) is 16.5. The van der Waals surface area contributed by atoms with Crippen LogP contribution in [0.5, 0.6) is 0 Å². The highest BCUT2D eigenvalue weighted by molar-refractivity contribution is 5.82. The van der Waals surface area contributed by atoms with Crippen LogP contribution < -0.4 is 0 Å². The molecule has 0 spiro atoms. The van der Waals surface area contributed by atoms with Crippen LogP contribution in [0.25, 0.3) is 0 Å². The summed E-state index contributed by atoms with van der Waals surface area (Å²) < 4.78 is 10.5. The fourth-order valence-corrected chi connectivity index (χ4v) is 2.00. The fraction of sp³-hybridized carbons (Fsp3) is 0.625. The molecule has 0 radical (unpaired) electrons. The molecule has 1 rings (SSSR count). The fourth-order valence-electron chi connectivity index (χ4n) is 2.00. The Kier molecular flexibility index (Phi) is 7.70. The first-order valence-electron chi connectivity index (χ1n) is 7.32. The summed E-state index contributed by atoms with van der Waals surface area (Å²) in [6.45, 7) is 3.77. The van der Waals surface area contributed by atoms with E-state index in [-0.39, 0.29) is 24.1 Å². The van der Waals surface area contributed by atoms with E-state index in [1.807, 2.05) is 26.0 Å². The van der Waals surface area contributed by atoms with Crippen LogP contribution >= 0.6 is 0 Å². The van der Waals surface area contributed by atoms with Crippen LogP contribution in [0, 0.1) is 0 Å². The van der Waals surface area contributed by atoms with E-state index in [1.165, 1.54) is 12.2 Å². The van der Waals surface area contributed by atoms with Crippen LogP contribution in [0.2, 0.25) is 0 Å². The molecule has 2 atom stereocenters. The third kappa shape index (κ3) is 7.77. The van der Waals surface area contributed by atoms with Crippen molar-refractivity contribution in [2.24, 2.45) is 0 Å². The third-order valence-corrected chi connectivity index (χ3v) is 3.11. The molecule has 0 aromatic carbocycles. The lowest BCUT2D eigenvalue weighted by Gasteiger charge is -2.12. The van der Waals surface area contributed by atoms with E-state index in [0.29, 0.717) is 0 Å². The molecule has 112 valence electrons. The van der Waals surface area contributed by atoms with E-state index in [4.69, 9.17) is 9.47 Å². The summed E-state index contributed by atoms with van der Waals surface area (Å²) in [7, 11) is 0. The van der Waals surface area contributed by atoms with Gasteiger partial charge in [-0.1, -0.05) is 12.2 Å². The maximum absolute atomic E-state index is 11.5. The average Bonchev–Trinajstić information content (AvgIpc) is 2.36. The molecule has 0 amide bonds. The molecular formula is C16H24O4. The van der Waals surface area contributed by atoms with E-state index in [0.717, 1.165) is 38.5 Å². The van der Waals surface area contributed by atoms with Crippen molar-refractivity contribution in [3.05, 3.63) is 24.3 Å². The van der Waals surface area contributed by atoms with Crippen LogP contribution in [0.3, 0.4) is 0 Å². The average molecular weight is 280 g/mol. The summed E-state index contributed by atoms with van der Waals surface area (Å²) in [6, 6.07) is 0. The van der Waals surface area contributed by atoms with Crippen molar-refractivity contribution < 1.29 is 19.1 Å². The molecule has 1 heterocycles. The van der Waals surface area contributed by atoms with Crippen LogP contribution in [0.4, 0.5) is 0 Å². The van der Waals surface area contributed by atoms with E-state index < -0.39 is 0 Å². The zero-order valence-corrected chi connectivity index (χ0v) is 12.3.